The summed E-state index contributed by atoms with van der Waals surface area (Å²) in [6, 6.07) is 0. The van der Waals surface area contributed by atoms with Crippen molar-refractivity contribution in [1.82, 2.24) is 9.97 Å². The van der Waals surface area contributed by atoms with Crippen LogP contribution in [-0.4, -0.2) is 9.97 Å². The fraction of sp³-hybridized carbons (Fsp3) is 0. The van der Waals surface area contributed by atoms with E-state index in [2.05, 4.69) is 16.5 Å². The van der Waals surface area contributed by atoms with Crippen molar-refractivity contribution >= 4 is 17.8 Å². The number of anilines is 2. The van der Waals surface area contributed by atoms with E-state index in [1.165, 1.54) is 0 Å². The number of hydrogen-bond donors (Lipinski definition) is 3. The first-order chi connectivity index (χ1) is 4.24. The van der Waals surface area contributed by atoms with Crippen molar-refractivity contribution in [2.75, 3.05) is 11.5 Å². The lowest BCUT2D eigenvalue weighted by Gasteiger charge is -1.82. The molecule has 48 valence electrons. The van der Waals surface area contributed by atoms with Crippen molar-refractivity contribution in [1.29, 1.82) is 0 Å². The Labute approximate surface area is 52.6 Å². The number of aromatic amines is 1. The van der Waals surface area contributed by atoms with E-state index >= 15 is 0 Å². The van der Waals surface area contributed by atoms with Gasteiger partial charge in [-0.15, -0.1) is 0 Å². The molecule has 0 radical (unpaired) electrons. The summed E-state index contributed by atoms with van der Waals surface area (Å²) in [6.45, 7) is 3.50. The van der Waals surface area contributed by atoms with Crippen molar-refractivity contribution < 1.29 is 0 Å². The van der Waals surface area contributed by atoms with Gasteiger partial charge in [0.15, 0.2) is 11.8 Å². The Kier molecular flexibility index (Phi) is 1.14. The van der Waals surface area contributed by atoms with Gasteiger partial charge in [0.2, 0.25) is 0 Å². The molecule has 5 N–H and O–H groups in total. The number of nitrogens with zero attached hydrogens (tertiary/aromatic N) is 1. The van der Waals surface area contributed by atoms with Crippen molar-refractivity contribution in [2.45, 2.75) is 0 Å². The molecule has 0 aliphatic carbocycles. The summed E-state index contributed by atoms with van der Waals surface area (Å²) in [7, 11) is 0. The predicted octanol–water partition coefficient (Wildman–Crippen LogP) is 0.217. The lowest BCUT2D eigenvalue weighted by Crippen LogP contribution is -1.87. The largest absolute Gasteiger partial charge is 0.382 e. The van der Waals surface area contributed by atoms with E-state index in [0.717, 1.165) is 0 Å². The smallest absolute Gasteiger partial charge is 0.199 e. The SMILES string of the molecule is C=Cc1[nH]c(N)nc1N. The van der Waals surface area contributed by atoms with E-state index in [1.807, 2.05) is 0 Å². The van der Waals surface area contributed by atoms with Gasteiger partial charge >= 0.3 is 0 Å². The van der Waals surface area contributed by atoms with Gasteiger partial charge in [-0.1, -0.05) is 6.58 Å². The highest BCUT2D eigenvalue weighted by Crippen LogP contribution is 2.09. The van der Waals surface area contributed by atoms with E-state index in [0.29, 0.717) is 17.5 Å². The van der Waals surface area contributed by atoms with Gasteiger partial charge in [0.25, 0.3) is 0 Å². The molecule has 0 aromatic carbocycles. The van der Waals surface area contributed by atoms with Crippen LogP contribution in [-0.2, 0) is 0 Å². The molecule has 1 heterocycles. The second-order valence-electron chi connectivity index (χ2n) is 1.63. The first kappa shape index (κ1) is 5.68. The average Bonchev–Trinajstić information content (AvgIpc) is 2.10. The highest BCUT2D eigenvalue weighted by molar-refractivity contribution is 5.58. The van der Waals surface area contributed by atoms with Crippen molar-refractivity contribution in [3.8, 4) is 0 Å². The predicted molar refractivity (Wildman–Crippen MR) is 37.5 cm³/mol. The zero-order chi connectivity index (χ0) is 6.85. The zero-order valence-corrected chi connectivity index (χ0v) is 4.89. The summed E-state index contributed by atoms with van der Waals surface area (Å²) in [5.74, 6) is 0.713. The minimum absolute atomic E-state index is 0.322. The summed E-state index contributed by atoms with van der Waals surface area (Å²) in [6.07, 6.45) is 1.57. The normalized spacial score (nSPS) is 9.33. The molecule has 9 heavy (non-hydrogen) atoms. The lowest BCUT2D eigenvalue weighted by molar-refractivity contribution is 1.32. The number of rotatable bonds is 1. The number of H-pyrrole nitrogens is 1. The molecule has 0 unspecified atom stereocenters. The molecule has 0 atom stereocenters. The molecule has 0 aliphatic rings. The van der Waals surface area contributed by atoms with Crippen LogP contribution in [0.25, 0.3) is 6.08 Å². The fourth-order valence-corrected chi connectivity index (χ4v) is 0.576. The third kappa shape index (κ3) is 0.861. The first-order valence-electron chi connectivity index (χ1n) is 2.47. The van der Waals surface area contributed by atoms with Gasteiger partial charge in [-0.05, 0) is 6.08 Å². The Hall–Kier alpha value is -1.45. The lowest BCUT2D eigenvalue weighted by atomic mass is 10.4. The molecule has 1 aromatic rings. The Morgan fingerprint density at radius 2 is 2.22 bits per heavy atom. The number of nitrogens with one attached hydrogen (secondary N) is 1. The van der Waals surface area contributed by atoms with Crippen LogP contribution in [0.4, 0.5) is 11.8 Å². The number of nitrogens with two attached hydrogens (primary N) is 2. The van der Waals surface area contributed by atoms with E-state index in [-0.39, 0.29) is 0 Å². The van der Waals surface area contributed by atoms with Gasteiger partial charge in [0.05, 0.1) is 5.69 Å². The molecular weight excluding hydrogens is 116 g/mol. The highest BCUT2D eigenvalue weighted by Gasteiger charge is 1.97. The zero-order valence-electron chi connectivity index (χ0n) is 4.89. The number of hydrogen-bond acceptors (Lipinski definition) is 3. The quantitative estimate of drug-likeness (QED) is 0.500. The van der Waals surface area contributed by atoms with Crippen LogP contribution in [0.1, 0.15) is 5.69 Å². The van der Waals surface area contributed by atoms with E-state index in [1.54, 1.807) is 6.08 Å². The summed E-state index contributed by atoms with van der Waals surface area (Å²) >= 11 is 0. The minimum Gasteiger partial charge on any atom is -0.382 e. The highest BCUT2D eigenvalue weighted by atomic mass is 15.1. The topological polar surface area (TPSA) is 80.7 Å². The van der Waals surface area contributed by atoms with E-state index < -0.39 is 0 Å². The van der Waals surface area contributed by atoms with Gasteiger partial charge in [0.1, 0.15) is 0 Å². The standard InChI is InChI=1S/C5H8N4/c1-2-3-4(6)9-5(7)8-3/h2H,1,6H2,(H3,7,8,9). The van der Waals surface area contributed by atoms with E-state index in [4.69, 9.17) is 11.5 Å². The Morgan fingerprint density at radius 3 is 2.44 bits per heavy atom. The van der Waals surface area contributed by atoms with Gasteiger partial charge < -0.3 is 16.5 Å². The maximum atomic E-state index is 5.36. The number of nitrogen functional groups attached to an aromatic ring is 2. The van der Waals surface area contributed by atoms with Crippen LogP contribution in [0.15, 0.2) is 6.58 Å². The number of aromatic nitrogens is 2. The summed E-state index contributed by atoms with van der Waals surface area (Å²) < 4.78 is 0. The van der Waals surface area contributed by atoms with Crippen LogP contribution < -0.4 is 11.5 Å². The van der Waals surface area contributed by atoms with Crippen LogP contribution in [0.3, 0.4) is 0 Å². The summed E-state index contributed by atoms with van der Waals surface area (Å²) in [5, 5.41) is 0. The van der Waals surface area contributed by atoms with Gasteiger partial charge in [-0.25, -0.2) is 0 Å². The van der Waals surface area contributed by atoms with E-state index in [9.17, 15) is 0 Å². The second-order valence-corrected chi connectivity index (χ2v) is 1.63. The van der Waals surface area contributed by atoms with Crippen LogP contribution in [0.5, 0.6) is 0 Å². The number of imidazole rings is 1. The molecule has 0 saturated carbocycles. The van der Waals surface area contributed by atoms with Gasteiger partial charge in [-0.2, -0.15) is 4.98 Å². The fourth-order valence-electron chi connectivity index (χ4n) is 0.576. The molecule has 4 heteroatoms. The van der Waals surface area contributed by atoms with Crippen molar-refractivity contribution in [3.63, 3.8) is 0 Å². The molecule has 0 amide bonds. The molecule has 0 spiro atoms. The Balaban J connectivity index is 3.15. The summed E-state index contributed by atoms with van der Waals surface area (Å²) in [5.41, 5.74) is 11.3. The third-order valence-corrected chi connectivity index (χ3v) is 0.984. The second kappa shape index (κ2) is 1.81. The molecule has 0 fully saturated rings. The molecular formula is C5H8N4. The van der Waals surface area contributed by atoms with Crippen LogP contribution in [0, 0.1) is 0 Å². The maximum Gasteiger partial charge on any atom is 0.199 e. The molecule has 1 rings (SSSR count). The Bertz CT molecular complexity index is 225. The molecule has 0 saturated heterocycles. The van der Waals surface area contributed by atoms with Gasteiger partial charge in [-0.3, -0.25) is 0 Å². The minimum atomic E-state index is 0.322. The molecule has 0 bridgehead atoms. The third-order valence-electron chi connectivity index (χ3n) is 0.984. The maximum absolute atomic E-state index is 5.36. The van der Waals surface area contributed by atoms with Crippen molar-refractivity contribution in [3.05, 3.63) is 12.3 Å². The molecule has 0 aliphatic heterocycles. The average molecular weight is 124 g/mol. The molecule has 1 aromatic heterocycles. The van der Waals surface area contributed by atoms with Gasteiger partial charge in [0, 0.05) is 0 Å². The monoisotopic (exact) mass is 124 g/mol. The van der Waals surface area contributed by atoms with Crippen LogP contribution in [0.2, 0.25) is 0 Å². The van der Waals surface area contributed by atoms with Crippen molar-refractivity contribution in [2.24, 2.45) is 0 Å². The Morgan fingerprint density at radius 1 is 1.56 bits per heavy atom. The van der Waals surface area contributed by atoms with Crippen LogP contribution >= 0.6 is 0 Å². The first-order valence-corrected chi connectivity index (χ1v) is 2.47. The summed E-state index contributed by atoms with van der Waals surface area (Å²) in [4.78, 5) is 6.43. The molecule has 4 nitrogen and oxygen atoms in total.